The van der Waals surface area contributed by atoms with Crippen LogP contribution in [0, 0.1) is 5.82 Å². The molecule has 1 aromatic carbocycles. The van der Waals surface area contributed by atoms with Crippen LogP contribution in [-0.4, -0.2) is 23.1 Å². The lowest BCUT2D eigenvalue weighted by atomic mass is 10.2. The Morgan fingerprint density at radius 1 is 1.24 bits per heavy atom. The maximum atomic E-state index is 13.4. The van der Waals surface area contributed by atoms with Crippen molar-refractivity contribution >= 4 is 11.5 Å². The van der Waals surface area contributed by atoms with Crippen LogP contribution >= 0.6 is 0 Å². The molecule has 112 valence electrons. The predicted molar refractivity (Wildman–Crippen MR) is 83.1 cm³/mol. The quantitative estimate of drug-likeness (QED) is 0.794. The Hall–Kier alpha value is -2.01. The van der Waals surface area contributed by atoms with Gasteiger partial charge in [-0.05, 0) is 38.1 Å². The summed E-state index contributed by atoms with van der Waals surface area (Å²) in [7, 11) is 0. The fourth-order valence-corrected chi connectivity index (χ4v) is 2.12. The zero-order chi connectivity index (χ0) is 15.1. The van der Waals surface area contributed by atoms with E-state index in [-0.39, 0.29) is 5.82 Å². The molecule has 0 spiro atoms. The van der Waals surface area contributed by atoms with Gasteiger partial charge >= 0.3 is 0 Å². The van der Waals surface area contributed by atoms with Crippen LogP contribution in [0.3, 0.4) is 0 Å². The average molecular weight is 288 g/mol. The van der Waals surface area contributed by atoms with Crippen molar-refractivity contribution in [1.82, 2.24) is 15.3 Å². The predicted octanol–water partition coefficient (Wildman–Crippen LogP) is 3.27. The van der Waals surface area contributed by atoms with Gasteiger partial charge in [-0.25, -0.2) is 9.37 Å². The maximum absolute atomic E-state index is 13.4. The molecular formula is C16H21FN4. The SMILES string of the molecule is CCCNCc1cncc(N(CC)c2cccc(F)c2)n1. The highest BCUT2D eigenvalue weighted by atomic mass is 19.1. The Balaban J connectivity index is 2.20. The van der Waals surface area contributed by atoms with E-state index in [1.54, 1.807) is 18.5 Å². The molecule has 0 unspecified atom stereocenters. The molecule has 2 rings (SSSR count). The Bertz CT molecular complexity index is 574. The van der Waals surface area contributed by atoms with Crippen molar-refractivity contribution in [2.75, 3.05) is 18.0 Å². The standard InChI is InChI=1S/C16H21FN4/c1-3-8-18-10-14-11-19-12-16(20-14)21(4-2)15-7-5-6-13(17)9-15/h5-7,9,11-12,18H,3-4,8,10H2,1-2H3. The molecule has 0 aliphatic heterocycles. The molecule has 0 amide bonds. The van der Waals surface area contributed by atoms with E-state index in [0.717, 1.165) is 30.2 Å². The van der Waals surface area contributed by atoms with Gasteiger partial charge in [-0.2, -0.15) is 0 Å². The zero-order valence-electron chi connectivity index (χ0n) is 12.5. The summed E-state index contributed by atoms with van der Waals surface area (Å²) < 4.78 is 13.4. The third kappa shape index (κ3) is 4.23. The Kier molecular flexibility index (Phi) is 5.63. The van der Waals surface area contributed by atoms with Gasteiger partial charge in [0, 0.05) is 25.0 Å². The number of rotatable bonds is 7. The smallest absolute Gasteiger partial charge is 0.151 e. The number of hydrogen-bond donors (Lipinski definition) is 1. The van der Waals surface area contributed by atoms with E-state index in [1.165, 1.54) is 12.1 Å². The molecule has 4 nitrogen and oxygen atoms in total. The van der Waals surface area contributed by atoms with Gasteiger partial charge < -0.3 is 10.2 Å². The fourth-order valence-electron chi connectivity index (χ4n) is 2.12. The van der Waals surface area contributed by atoms with E-state index in [2.05, 4.69) is 22.2 Å². The second-order valence-electron chi connectivity index (χ2n) is 4.77. The molecule has 0 aliphatic rings. The van der Waals surface area contributed by atoms with Gasteiger partial charge in [0.05, 0.1) is 11.9 Å². The van der Waals surface area contributed by atoms with Crippen molar-refractivity contribution in [2.45, 2.75) is 26.8 Å². The summed E-state index contributed by atoms with van der Waals surface area (Å²) in [5.41, 5.74) is 1.67. The van der Waals surface area contributed by atoms with E-state index < -0.39 is 0 Å². The molecular weight excluding hydrogens is 267 g/mol. The number of hydrogen-bond acceptors (Lipinski definition) is 4. The number of nitrogens with zero attached hydrogens (tertiary/aromatic N) is 3. The lowest BCUT2D eigenvalue weighted by molar-refractivity contribution is 0.627. The molecule has 21 heavy (non-hydrogen) atoms. The summed E-state index contributed by atoms with van der Waals surface area (Å²) in [5, 5.41) is 3.30. The molecule has 0 fully saturated rings. The first-order chi connectivity index (χ1) is 10.2. The summed E-state index contributed by atoms with van der Waals surface area (Å²) in [6, 6.07) is 6.52. The summed E-state index contributed by atoms with van der Waals surface area (Å²) in [6.45, 7) is 6.47. The Labute approximate surface area is 125 Å². The van der Waals surface area contributed by atoms with Gasteiger partial charge in [0.15, 0.2) is 5.82 Å². The van der Waals surface area contributed by atoms with Crippen LogP contribution in [0.25, 0.3) is 0 Å². The van der Waals surface area contributed by atoms with Crippen LogP contribution < -0.4 is 10.2 Å². The molecule has 2 aromatic rings. The molecule has 5 heteroatoms. The minimum atomic E-state index is -0.250. The van der Waals surface area contributed by atoms with Crippen molar-refractivity contribution in [3.8, 4) is 0 Å². The average Bonchev–Trinajstić information content (AvgIpc) is 2.49. The van der Waals surface area contributed by atoms with E-state index in [4.69, 9.17) is 0 Å². The Morgan fingerprint density at radius 2 is 2.10 bits per heavy atom. The third-order valence-corrected chi connectivity index (χ3v) is 3.12. The Morgan fingerprint density at radius 3 is 2.81 bits per heavy atom. The minimum absolute atomic E-state index is 0.250. The zero-order valence-corrected chi connectivity index (χ0v) is 12.5. The van der Waals surface area contributed by atoms with Crippen molar-refractivity contribution in [3.05, 3.63) is 48.2 Å². The normalized spacial score (nSPS) is 10.6. The van der Waals surface area contributed by atoms with Gasteiger partial charge in [0.1, 0.15) is 5.82 Å². The molecule has 1 aromatic heterocycles. The van der Waals surface area contributed by atoms with Crippen LogP contribution in [0.2, 0.25) is 0 Å². The van der Waals surface area contributed by atoms with Crippen LogP contribution in [0.15, 0.2) is 36.7 Å². The fraction of sp³-hybridized carbons (Fsp3) is 0.375. The van der Waals surface area contributed by atoms with Crippen molar-refractivity contribution < 1.29 is 4.39 Å². The first-order valence-electron chi connectivity index (χ1n) is 7.29. The van der Waals surface area contributed by atoms with Crippen LogP contribution in [-0.2, 0) is 6.54 Å². The third-order valence-electron chi connectivity index (χ3n) is 3.12. The molecule has 0 bridgehead atoms. The lowest BCUT2D eigenvalue weighted by Crippen LogP contribution is -2.20. The molecule has 0 saturated heterocycles. The topological polar surface area (TPSA) is 41.1 Å². The number of aromatic nitrogens is 2. The highest BCUT2D eigenvalue weighted by molar-refractivity contribution is 5.59. The molecule has 0 atom stereocenters. The first kappa shape index (κ1) is 15.4. The van der Waals surface area contributed by atoms with Gasteiger partial charge in [0.2, 0.25) is 0 Å². The van der Waals surface area contributed by atoms with Crippen molar-refractivity contribution in [3.63, 3.8) is 0 Å². The summed E-state index contributed by atoms with van der Waals surface area (Å²) in [4.78, 5) is 10.8. The van der Waals surface area contributed by atoms with Crippen molar-refractivity contribution in [2.24, 2.45) is 0 Å². The van der Waals surface area contributed by atoms with Crippen LogP contribution in [0.1, 0.15) is 26.0 Å². The minimum Gasteiger partial charge on any atom is -0.325 e. The van der Waals surface area contributed by atoms with Gasteiger partial charge in [-0.15, -0.1) is 0 Å². The van der Waals surface area contributed by atoms with E-state index in [9.17, 15) is 4.39 Å². The molecule has 1 heterocycles. The van der Waals surface area contributed by atoms with Crippen LogP contribution in [0.4, 0.5) is 15.9 Å². The van der Waals surface area contributed by atoms with E-state index >= 15 is 0 Å². The molecule has 1 N–H and O–H groups in total. The van der Waals surface area contributed by atoms with Gasteiger partial charge in [-0.3, -0.25) is 4.98 Å². The largest absolute Gasteiger partial charge is 0.325 e. The first-order valence-corrected chi connectivity index (χ1v) is 7.29. The van der Waals surface area contributed by atoms with Crippen LogP contribution in [0.5, 0.6) is 0 Å². The maximum Gasteiger partial charge on any atom is 0.151 e. The summed E-state index contributed by atoms with van der Waals surface area (Å²) >= 11 is 0. The summed E-state index contributed by atoms with van der Waals surface area (Å²) in [6.07, 6.45) is 4.54. The number of halogens is 1. The molecule has 0 aliphatic carbocycles. The van der Waals surface area contributed by atoms with E-state index in [1.807, 2.05) is 17.9 Å². The highest BCUT2D eigenvalue weighted by Crippen LogP contribution is 2.23. The van der Waals surface area contributed by atoms with Gasteiger partial charge in [0.25, 0.3) is 0 Å². The monoisotopic (exact) mass is 288 g/mol. The number of anilines is 2. The molecule has 0 saturated carbocycles. The second kappa shape index (κ2) is 7.69. The van der Waals surface area contributed by atoms with Crippen molar-refractivity contribution in [1.29, 1.82) is 0 Å². The molecule has 0 radical (unpaired) electrons. The lowest BCUT2D eigenvalue weighted by Gasteiger charge is -2.22. The number of benzene rings is 1. The van der Waals surface area contributed by atoms with Gasteiger partial charge in [-0.1, -0.05) is 13.0 Å². The highest BCUT2D eigenvalue weighted by Gasteiger charge is 2.10. The number of nitrogens with one attached hydrogen (secondary N) is 1. The second-order valence-corrected chi connectivity index (χ2v) is 4.77. The summed E-state index contributed by atoms with van der Waals surface area (Å²) in [5.74, 6) is 0.485. The van der Waals surface area contributed by atoms with E-state index in [0.29, 0.717) is 13.1 Å².